The van der Waals surface area contributed by atoms with Gasteiger partial charge >= 0.3 is 0 Å². The molecule has 1 aliphatic heterocycles. The molecule has 5 rings (SSSR count). The zero-order valence-corrected chi connectivity index (χ0v) is 15.5. The largest absolute Gasteiger partial charge is 0.496 e. The summed E-state index contributed by atoms with van der Waals surface area (Å²) in [6, 6.07) is 13.4. The number of anilines is 1. The first kappa shape index (κ1) is 17.0. The van der Waals surface area contributed by atoms with E-state index in [2.05, 4.69) is 10.2 Å². The van der Waals surface area contributed by atoms with Crippen molar-refractivity contribution in [1.29, 1.82) is 0 Å². The smallest absolute Gasteiger partial charge is 0.277 e. The summed E-state index contributed by atoms with van der Waals surface area (Å²) in [5.74, 6) is 0.592. The van der Waals surface area contributed by atoms with Gasteiger partial charge in [-0.15, -0.1) is 0 Å². The molecular formula is C22H20FN3O2. The van der Waals surface area contributed by atoms with Crippen LogP contribution in [-0.2, 0) is 0 Å². The zero-order valence-electron chi connectivity index (χ0n) is 15.5. The Balaban J connectivity index is 1.71. The van der Waals surface area contributed by atoms with Gasteiger partial charge in [-0.1, -0.05) is 24.6 Å². The molecule has 2 heterocycles. The second-order valence-electron chi connectivity index (χ2n) is 7.32. The fourth-order valence-electron chi connectivity index (χ4n) is 4.22. The molecule has 1 aromatic heterocycles. The van der Waals surface area contributed by atoms with Crippen LogP contribution in [0.15, 0.2) is 48.5 Å². The van der Waals surface area contributed by atoms with Crippen LogP contribution < -0.4 is 9.64 Å². The van der Waals surface area contributed by atoms with Gasteiger partial charge in [-0.05, 0) is 43.2 Å². The van der Waals surface area contributed by atoms with Crippen molar-refractivity contribution in [3.8, 4) is 5.75 Å². The van der Waals surface area contributed by atoms with Crippen LogP contribution in [-0.4, -0.2) is 23.2 Å². The number of benzene rings is 2. The number of rotatable bonds is 4. The van der Waals surface area contributed by atoms with E-state index in [9.17, 15) is 9.18 Å². The minimum atomic E-state index is -0.363. The SMILES string of the molecule is COc1ccccc1C1c2c(C3CCC3)n[nH]c2C(=O)N1c1ccc(F)cc1. The summed E-state index contributed by atoms with van der Waals surface area (Å²) in [5.41, 5.74) is 3.94. The van der Waals surface area contributed by atoms with Crippen molar-refractivity contribution < 1.29 is 13.9 Å². The monoisotopic (exact) mass is 377 g/mol. The Morgan fingerprint density at radius 1 is 1.14 bits per heavy atom. The summed E-state index contributed by atoms with van der Waals surface area (Å²) in [5, 5.41) is 7.49. The number of amides is 1. The molecule has 6 heteroatoms. The van der Waals surface area contributed by atoms with E-state index in [4.69, 9.17) is 4.74 Å². The van der Waals surface area contributed by atoms with Crippen LogP contribution in [0.2, 0.25) is 0 Å². The summed E-state index contributed by atoms with van der Waals surface area (Å²) in [6.45, 7) is 0. The van der Waals surface area contributed by atoms with Gasteiger partial charge in [0.15, 0.2) is 0 Å². The normalized spacial score (nSPS) is 18.9. The van der Waals surface area contributed by atoms with Crippen molar-refractivity contribution in [2.24, 2.45) is 0 Å². The predicted molar refractivity (Wildman–Crippen MR) is 103 cm³/mol. The molecule has 3 aromatic rings. The van der Waals surface area contributed by atoms with E-state index < -0.39 is 0 Å². The predicted octanol–water partition coefficient (Wildman–Crippen LogP) is 4.57. The Hall–Kier alpha value is -3.15. The Bertz CT molecular complexity index is 1040. The lowest BCUT2D eigenvalue weighted by Gasteiger charge is -2.30. The Morgan fingerprint density at radius 2 is 1.89 bits per heavy atom. The average molecular weight is 377 g/mol. The standard InChI is InChI=1S/C22H20FN3O2/c1-28-17-8-3-2-7-16(17)21-18-19(13-5-4-6-13)24-25-20(18)22(27)26(21)15-11-9-14(23)10-12-15/h2-3,7-13,21H,4-6H2,1H3,(H,24,25). The lowest BCUT2D eigenvalue weighted by Crippen LogP contribution is -2.30. The molecule has 2 aliphatic rings. The number of hydrogen-bond acceptors (Lipinski definition) is 3. The highest BCUT2D eigenvalue weighted by molar-refractivity contribution is 6.10. The quantitative estimate of drug-likeness (QED) is 0.724. The van der Waals surface area contributed by atoms with E-state index in [1.807, 2.05) is 24.3 Å². The third-order valence-electron chi connectivity index (χ3n) is 5.83. The first-order valence-electron chi connectivity index (χ1n) is 9.49. The molecule has 1 amide bonds. The van der Waals surface area contributed by atoms with Gasteiger partial charge < -0.3 is 4.74 Å². The van der Waals surface area contributed by atoms with Crippen LogP contribution in [0.4, 0.5) is 10.1 Å². The topological polar surface area (TPSA) is 58.2 Å². The van der Waals surface area contributed by atoms with Gasteiger partial charge in [-0.3, -0.25) is 14.8 Å². The van der Waals surface area contributed by atoms with E-state index in [-0.39, 0.29) is 17.8 Å². The van der Waals surface area contributed by atoms with Gasteiger partial charge in [0.2, 0.25) is 0 Å². The molecule has 0 spiro atoms. The molecule has 0 radical (unpaired) electrons. The van der Waals surface area contributed by atoms with Gasteiger partial charge in [0.05, 0.1) is 18.8 Å². The number of halogens is 1. The average Bonchev–Trinajstić information content (AvgIpc) is 3.21. The summed E-state index contributed by atoms with van der Waals surface area (Å²) < 4.78 is 19.1. The molecule has 5 nitrogen and oxygen atoms in total. The number of methoxy groups -OCH3 is 1. The lowest BCUT2D eigenvalue weighted by atomic mass is 9.80. The number of nitrogens with one attached hydrogen (secondary N) is 1. The fraction of sp³-hybridized carbons (Fsp3) is 0.273. The van der Waals surface area contributed by atoms with E-state index in [0.29, 0.717) is 23.0 Å². The van der Waals surface area contributed by atoms with E-state index in [0.717, 1.165) is 29.7 Å². The lowest BCUT2D eigenvalue weighted by molar-refractivity contribution is 0.0988. The van der Waals surface area contributed by atoms with Gasteiger partial charge in [0, 0.05) is 22.7 Å². The number of nitrogens with zero attached hydrogens (tertiary/aromatic N) is 2. The van der Waals surface area contributed by atoms with Crippen LogP contribution in [0.5, 0.6) is 5.75 Å². The van der Waals surface area contributed by atoms with Crippen molar-refractivity contribution in [2.75, 3.05) is 12.0 Å². The summed E-state index contributed by atoms with van der Waals surface area (Å²) >= 11 is 0. The molecule has 28 heavy (non-hydrogen) atoms. The van der Waals surface area contributed by atoms with E-state index in [1.165, 1.54) is 18.6 Å². The van der Waals surface area contributed by atoms with Gasteiger partial charge in [0.1, 0.15) is 17.3 Å². The maximum absolute atomic E-state index is 13.5. The first-order valence-corrected chi connectivity index (χ1v) is 9.49. The van der Waals surface area contributed by atoms with Crippen LogP contribution in [0.1, 0.15) is 58.5 Å². The van der Waals surface area contributed by atoms with Crippen LogP contribution in [0.25, 0.3) is 0 Å². The van der Waals surface area contributed by atoms with Gasteiger partial charge in [-0.2, -0.15) is 5.10 Å². The van der Waals surface area contributed by atoms with E-state index in [1.54, 1.807) is 24.1 Å². The second-order valence-corrected chi connectivity index (χ2v) is 7.32. The zero-order chi connectivity index (χ0) is 19.3. The minimum Gasteiger partial charge on any atom is -0.496 e. The molecule has 1 N–H and O–H groups in total. The summed E-state index contributed by atoms with van der Waals surface area (Å²) in [4.78, 5) is 15.0. The molecule has 1 saturated carbocycles. The number of para-hydroxylation sites is 1. The van der Waals surface area contributed by atoms with Gasteiger partial charge in [0.25, 0.3) is 5.91 Å². The highest BCUT2D eigenvalue weighted by atomic mass is 19.1. The van der Waals surface area contributed by atoms with E-state index >= 15 is 0 Å². The molecule has 1 aliphatic carbocycles. The number of fused-ring (bicyclic) bond motifs is 1. The van der Waals surface area contributed by atoms with Crippen LogP contribution >= 0.6 is 0 Å². The van der Waals surface area contributed by atoms with Crippen LogP contribution in [0, 0.1) is 5.82 Å². The van der Waals surface area contributed by atoms with Crippen LogP contribution in [0.3, 0.4) is 0 Å². The maximum atomic E-state index is 13.5. The number of H-pyrrole nitrogens is 1. The number of aromatic nitrogens is 2. The molecule has 1 unspecified atom stereocenters. The Kier molecular flexibility index (Phi) is 3.93. The molecule has 0 saturated heterocycles. The fourth-order valence-corrected chi connectivity index (χ4v) is 4.22. The highest BCUT2D eigenvalue weighted by Crippen LogP contribution is 2.49. The van der Waals surface area contributed by atoms with Crippen molar-refractivity contribution in [2.45, 2.75) is 31.2 Å². The number of hydrogen-bond donors (Lipinski definition) is 1. The third kappa shape index (κ3) is 2.44. The number of ether oxygens (including phenoxy) is 1. The van der Waals surface area contributed by atoms with Crippen molar-refractivity contribution in [3.05, 3.63) is 76.9 Å². The molecule has 1 fully saturated rings. The number of aromatic amines is 1. The van der Waals surface area contributed by atoms with Crippen molar-refractivity contribution in [3.63, 3.8) is 0 Å². The molecular weight excluding hydrogens is 357 g/mol. The summed E-state index contributed by atoms with van der Waals surface area (Å²) in [6.07, 6.45) is 3.35. The van der Waals surface area contributed by atoms with Crippen molar-refractivity contribution in [1.82, 2.24) is 10.2 Å². The second kappa shape index (κ2) is 6.48. The third-order valence-corrected chi connectivity index (χ3v) is 5.83. The maximum Gasteiger partial charge on any atom is 0.277 e. The summed E-state index contributed by atoms with van der Waals surface area (Å²) in [7, 11) is 1.63. The number of carbonyl (C=O) groups excluding carboxylic acids is 1. The Morgan fingerprint density at radius 3 is 2.57 bits per heavy atom. The molecule has 142 valence electrons. The molecule has 0 bridgehead atoms. The molecule has 2 aromatic carbocycles. The Labute approximate surface area is 162 Å². The minimum absolute atomic E-state index is 0.157. The number of carbonyl (C=O) groups is 1. The van der Waals surface area contributed by atoms with Gasteiger partial charge in [-0.25, -0.2) is 4.39 Å². The van der Waals surface area contributed by atoms with Crippen molar-refractivity contribution >= 4 is 11.6 Å². The first-order chi connectivity index (χ1) is 13.7. The molecule has 1 atom stereocenters. The highest BCUT2D eigenvalue weighted by Gasteiger charge is 2.45.